The van der Waals surface area contributed by atoms with Crippen LogP contribution in [0.1, 0.15) is 17.0 Å². The quantitative estimate of drug-likeness (QED) is 0.887. The van der Waals surface area contributed by atoms with Gasteiger partial charge in [0.05, 0.1) is 17.7 Å². The van der Waals surface area contributed by atoms with Crippen LogP contribution in [-0.4, -0.2) is 33.3 Å². The van der Waals surface area contributed by atoms with Crippen LogP contribution in [0.15, 0.2) is 36.7 Å². The van der Waals surface area contributed by atoms with Gasteiger partial charge in [0.2, 0.25) is 0 Å². The number of halogens is 3. The van der Waals surface area contributed by atoms with E-state index in [4.69, 9.17) is 9.90 Å². The minimum absolute atomic E-state index is 0.921. The molecule has 0 saturated carbocycles. The van der Waals surface area contributed by atoms with Crippen LogP contribution in [0.2, 0.25) is 0 Å². The maximum absolute atomic E-state index is 10.6. The molecule has 2 heterocycles. The molecular formula is C15H16F3N3O2. The highest BCUT2D eigenvalue weighted by Crippen LogP contribution is 2.14. The summed E-state index contributed by atoms with van der Waals surface area (Å²) in [5, 5.41) is 10.5. The van der Waals surface area contributed by atoms with Gasteiger partial charge >= 0.3 is 12.1 Å². The first-order valence-electron chi connectivity index (χ1n) is 6.95. The Hall–Kier alpha value is -2.35. The maximum Gasteiger partial charge on any atom is 0.490 e. The van der Waals surface area contributed by atoms with Crippen molar-refractivity contribution < 1.29 is 23.1 Å². The third kappa shape index (κ3) is 4.82. The largest absolute Gasteiger partial charge is 0.490 e. The standard InChI is InChI=1S/C13H15N3.C2HF3O2/c1-2-4-11(5-3-1)9-16-10-15-12-6-7-14-8-13(12)16;3-2(4,5)1(6)7/h1-5,10,14H,6-9H2;(H,6,7). The van der Waals surface area contributed by atoms with Crippen molar-refractivity contribution >= 4 is 5.97 Å². The van der Waals surface area contributed by atoms with Gasteiger partial charge in [0.15, 0.2) is 0 Å². The summed E-state index contributed by atoms with van der Waals surface area (Å²) in [5.41, 5.74) is 3.93. The van der Waals surface area contributed by atoms with Crippen molar-refractivity contribution in [1.82, 2.24) is 14.9 Å². The molecule has 1 aliphatic heterocycles. The fourth-order valence-electron chi connectivity index (χ4n) is 2.19. The van der Waals surface area contributed by atoms with E-state index in [0.717, 1.165) is 26.1 Å². The molecule has 1 aromatic carbocycles. The molecule has 0 radical (unpaired) electrons. The summed E-state index contributed by atoms with van der Waals surface area (Å²) in [6.45, 7) is 2.92. The first-order chi connectivity index (χ1) is 10.9. The summed E-state index contributed by atoms with van der Waals surface area (Å²) >= 11 is 0. The molecule has 23 heavy (non-hydrogen) atoms. The van der Waals surface area contributed by atoms with Crippen molar-refractivity contribution in [2.45, 2.75) is 25.7 Å². The molecule has 0 amide bonds. The molecule has 8 heteroatoms. The van der Waals surface area contributed by atoms with Crippen LogP contribution < -0.4 is 5.32 Å². The van der Waals surface area contributed by atoms with Gasteiger partial charge in [-0.3, -0.25) is 0 Å². The van der Waals surface area contributed by atoms with Gasteiger partial charge in [0.25, 0.3) is 0 Å². The Balaban J connectivity index is 0.000000236. The SMILES string of the molecule is O=C(O)C(F)(F)F.c1ccc(Cn2cnc3c2CNCC3)cc1. The van der Waals surface area contributed by atoms with Crippen molar-refractivity contribution in [3.8, 4) is 0 Å². The summed E-state index contributed by atoms with van der Waals surface area (Å²) in [6, 6.07) is 10.5. The van der Waals surface area contributed by atoms with Gasteiger partial charge in [-0.25, -0.2) is 9.78 Å². The fraction of sp³-hybridized carbons (Fsp3) is 0.333. The molecule has 2 N–H and O–H groups in total. The molecule has 5 nitrogen and oxygen atoms in total. The number of carboxylic acid groups (broad SMARTS) is 1. The number of benzene rings is 1. The highest BCUT2D eigenvalue weighted by atomic mass is 19.4. The Kier molecular flexibility index (Phi) is 5.38. The summed E-state index contributed by atoms with van der Waals surface area (Å²) < 4.78 is 34.0. The predicted molar refractivity (Wildman–Crippen MR) is 76.9 cm³/mol. The van der Waals surface area contributed by atoms with Crippen LogP contribution in [0.25, 0.3) is 0 Å². The number of carbonyl (C=O) groups is 1. The normalized spacial score (nSPS) is 13.7. The van der Waals surface area contributed by atoms with E-state index in [1.807, 2.05) is 6.33 Å². The van der Waals surface area contributed by atoms with E-state index in [-0.39, 0.29) is 0 Å². The van der Waals surface area contributed by atoms with E-state index in [9.17, 15) is 13.2 Å². The lowest BCUT2D eigenvalue weighted by Crippen LogP contribution is -2.25. The topological polar surface area (TPSA) is 67.1 Å². The van der Waals surface area contributed by atoms with Crippen LogP contribution in [0.3, 0.4) is 0 Å². The first-order valence-corrected chi connectivity index (χ1v) is 6.95. The van der Waals surface area contributed by atoms with E-state index < -0.39 is 12.1 Å². The number of hydrogen-bond donors (Lipinski definition) is 2. The molecular weight excluding hydrogens is 311 g/mol. The first kappa shape index (κ1) is 17.0. The lowest BCUT2D eigenvalue weighted by molar-refractivity contribution is -0.192. The van der Waals surface area contributed by atoms with Crippen molar-refractivity contribution in [2.75, 3.05) is 6.54 Å². The lowest BCUT2D eigenvalue weighted by Gasteiger charge is -2.15. The second-order valence-electron chi connectivity index (χ2n) is 4.98. The van der Waals surface area contributed by atoms with E-state index in [0.29, 0.717) is 0 Å². The molecule has 1 aromatic heterocycles. The van der Waals surface area contributed by atoms with Gasteiger partial charge in [0.1, 0.15) is 0 Å². The highest BCUT2D eigenvalue weighted by Gasteiger charge is 2.38. The van der Waals surface area contributed by atoms with Gasteiger partial charge < -0.3 is 15.0 Å². The van der Waals surface area contributed by atoms with Crippen molar-refractivity contribution in [3.63, 3.8) is 0 Å². The van der Waals surface area contributed by atoms with Gasteiger partial charge in [0, 0.05) is 26.1 Å². The lowest BCUT2D eigenvalue weighted by atomic mass is 10.1. The summed E-state index contributed by atoms with van der Waals surface area (Å²) in [6.07, 6.45) is -2.07. The number of fused-ring (bicyclic) bond motifs is 1. The van der Waals surface area contributed by atoms with Crippen LogP contribution in [0.4, 0.5) is 13.2 Å². The third-order valence-corrected chi connectivity index (χ3v) is 3.30. The smallest absolute Gasteiger partial charge is 0.475 e. The molecule has 0 fully saturated rings. The highest BCUT2D eigenvalue weighted by molar-refractivity contribution is 5.73. The number of alkyl halides is 3. The Morgan fingerprint density at radius 3 is 2.57 bits per heavy atom. The molecule has 0 atom stereocenters. The van der Waals surface area contributed by atoms with E-state index in [1.54, 1.807) is 0 Å². The van der Waals surface area contributed by atoms with E-state index in [1.165, 1.54) is 17.0 Å². The van der Waals surface area contributed by atoms with Crippen molar-refractivity contribution in [1.29, 1.82) is 0 Å². The molecule has 0 spiro atoms. The fourth-order valence-corrected chi connectivity index (χ4v) is 2.19. The Labute approximate surface area is 130 Å². The minimum Gasteiger partial charge on any atom is -0.475 e. The van der Waals surface area contributed by atoms with E-state index in [2.05, 4.69) is 45.2 Å². The zero-order valence-electron chi connectivity index (χ0n) is 12.2. The molecule has 0 bridgehead atoms. The molecule has 0 saturated heterocycles. The van der Waals surface area contributed by atoms with Gasteiger partial charge in [-0.15, -0.1) is 0 Å². The Morgan fingerprint density at radius 1 is 1.30 bits per heavy atom. The van der Waals surface area contributed by atoms with Crippen molar-refractivity contribution in [2.24, 2.45) is 0 Å². The van der Waals surface area contributed by atoms with Gasteiger partial charge in [-0.1, -0.05) is 30.3 Å². The van der Waals surface area contributed by atoms with E-state index >= 15 is 0 Å². The monoisotopic (exact) mass is 327 g/mol. The average Bonchev–Trinajstić information content (AvgIpc) is 2.91. The molecule has 3 rings (SSSR count). The van der Waals surface area contributed by atoms with Crippen LogP contribution in [-0.2, 0) is 24.3 Å². The van der Waals surface area contributed by atoms with Crippen LogP contribution >= 0.6 is 0 Å². The molecule has 0 aliphatic carbocycles. The van der Waals surface area contributed by atoms with Crippen LogP contribution in [0.5, 0.6) is 0 Å². The van der Waals surface area contributed by atoms with Gasteiger partial charge in [-0.05, 0) is 5.56 Å². The number of nitrogens with zero attached hydrogens (tertiary/aromatic N) is 2. The Morgan fingerprint density at radius 2 is 1.96 bits per heavy atom. The summed E-state index contributed by atoms with van der Waals surface area (Å²) in [7, 11) is 0. The molecule has 2 aromatic rings. The number of rotatable bonds is 2. The Bertz CT molecular complexity index is 654. The number of carboxylic acids is 1. The number of aromatic nitrogens is 2. The summed E-state index contributed by atoms with van der Waals surface area (Å²) in [4.78, 5) is 13.4. The van der Waals surface area contributed by atoms with Crippen LogP contribution in [0, 0.1) is 0 Å². The number of imidazole rings is 1. The zero-order valence-corrected chi connectivity index (χ0v) is 12.2. The molecule has 0 unspecified atom stereocenters. The third-order valence-electron chi connectivity index (χ3n) is 3.30. The predicted octanol–water partition coefficient (Wildman–Crippen LogP) is 2.21. The number of aliphatic carboxylic acids is 1. The summed E-state index contributed by atoms with van der Waals surface area (Å²) in [5.74, 6) is -2.76. The number of nitrogens with one attached hydrogen (secondary N) is 1. The minimum atomic E-state index is -5.08. The second kappa shape index (κ2) is 7.28. The van der Waals surface area contributed by atoms with Crippen molar-refractivity contribution in [3.05, 3.63) is 53.6 Å². The maximum atomic E-state index is 10.6. The molecule has 124 valence electrons. The second-order valence-corrected chi connectivity index (χ2v) is 4.98. The molecule has 1 aliphatic rings. The van der Waals surface area contributed by atoms with Gasteiger partial charge in [-0.2, -0.15) is 13.2 Å². The average molecular weight is 327 g/mol. The zero-order chi connectivity index (χ0) is 16.9. The number of hydrogen-bond acceptors (Lipinski definition) is 3.